The summed E-state index contributed by atoms with van der Waals surface area (Å²) < 4.78 is 27.0. The summed E-state index contributed by atoms with van der Waals surface area (Å²) >= 11 is 0. The van der Waals surface area contributed by atoms with Gasteiger partial charge in [0.25, 0.3) is 6.08 Å². The number of aromatic nitrogens is 6. The zero-order valence-electron chi connectivity index (χ0n) is 14.4. The SMILES string of the molecule is N#Cc1cccnc1C(CC=C(F)F)n1cc(-c2ncnc3[nH]ccc23)cn1. The second kappa shape index (κ2) is 7.36. The third kappa shape index (κ3) is 3.23. The third-order valence-electron chi connectivity index (χ3n) is 4.32. The van der Waals surface area contributed by atoms with Gasteiger partial charge in [-0.15, -0.1) is 0 Å². The summed E-state index contributed by atoms with van der Waals surface area (Å²) in [6.07, 6.45) is 6.99. The lowest BCUT2D eigenvalue weighted by Gasteiger charge is -2.16. The fraction of sp³-hybridized carbons (Fsp3) is 0.105. The maximum Gasteiger partial charge on any atom is 0.266 e. The number of fused-ring (bicyclic) bond motifs is 1. The lowest BCUT2D eigenvalue weighted by molar-refractivity contribution is 0.410. The fourth-order valence-electron chi connectivity index (χ4n) is 3.06. The molecule has 0 radical (unpaired) electrons. The smallest absolute Gasteiger partial charge is 0.266 e. The first kappa shape index (κ1) is 17.5. The first-order valence-electron chi connectivity index (χ1n) is 8.36. The molecule has 4 rings (SSSR count). The maximum atomic E-state index is 12.7. The number of rotatable bonds is 5. The van der Waals surface area contributed by atoms with Crippen molar-refractivity contribution in [1.29, 1.82) is 5.26 Å². The van der Waals surface area contributed by atoms with Gasteiger partial charge in [0.1, 0.15) is 18.0 Å². The lowest BCUT2D eigenvalue weighted by atomic mass is 10.0. The van der Waals surface area contributed by atoms with Crippen molar-refractivity contribution in [3.63, 3.8) is 0 Å². The van der Waals surface area contributed by atoms with Crippen molar-refractivity contribution in [3.8, 4) is 17.3 Å². The number of pyridine rings is 1. The minimum absolute atomic E-state index is 0.0571. The lowest BCUT2D eigenvalue weighted by Crippen LogP contribution is -2.14. The number of H-pyrrole nitrogens is 1. The largest absolute Gasteiger partial charge is 0.346 e. The molecular weight excluding hydrogens is 364 g/mol. The van der Waals surface area contributed by atoms with Gasteiger partial charge in [0.15, 0.2) is 0 Å². The van der Waals surface area contributed by atoms with E-state index < -0.39 is 12.1 Å². The van der Waals surface area contributed by atoms with E-state index in [9.17, 15) is 14.0 Å². The molecule has 4 heterocycles. The second-order valence-electron chi connectivity index (χ2n) is 5.96. The Balaban J connectivity index is 1.79. The normalized spacial score (nSPS) is 11.9. The summed E-state index contributed by atoms with van der Waals surface area (Å²) in [6.45, 7) is 0. The van der Waals surface area contributed by atoms with Crippen LogP contribution in [0.5, 0.6) is 0 Å². The molecule has 1 unspecified atom stereocenters. The van der Waals surface area contributed by atoms with E-state index in [1.54, 1.807) is 30.7 Å². The number of aromatic amines is 1. The molecule has 1 N–H and O–H groups in total. The van der Waals surface area contributed by atoms with Crippen LogP contribution < -0.4 is 0 Å². The van der Waals surface area contributed by atoms with E-state index in [-0.39, 0.29) is 6.42 Å². The molecule has 9 heteroatoms. The quantitative estimate of drug-likeness (QED) is 0.570. The number of allylic oxidation sites excluding steroid dienone is 1. The summed E-state index contributed by atoms with van der Waals surface area (Å²) in [5.41, 5.74) is 2.76. The number of nitriles is 1. The molecule has 0 amide bonds. The molecule has 0 aliphatic carbocycles. The van der Waals surface area contributed by atoms with Crippen LogP contribution in [0.25, 0.3) is 22.3 Å². The average molecular weight is 377 g/mol. The first-order chi connectivity index (χ1) is 13.7. The Bertz CT molecular complexity index is 1200. The zero-order valence-corrected chi connectivity index (χ0v) is 14.4. The number of hydrogen-bond acceptors (Lipinski definition) is 5. The molecule has 0 aliphatic rings. The van der Waals surface area contributed by atoms with E-state index in [4.69, 9.17) is 0 Å². The summed E-state index contributed by atoms with van der Waals surface area (Å²) in [4.78, 5) is 15.7. The van der Waals surface area contributed by atoms with Crippen molar-refractivity contribution in [2.24, 2.45) is 0 Å². The van der Waals surface area contributed by atoms with Gasteiger partial charge in [-0.05, 0) is 30.7 Å². The molecule has 0 aromatic carbocycles. The minimum Gasteiger partial charge on any atom is -0.346 e. The minimum atomic E-state index is -1.79. The molecule has 4 aromatic rings. The highest BCUT2D eigenvalue weighted by Crippen LogP contribution is 2.28. The molecule has 0 fully saturated rings. The fourth-order valence-corrected chi connectivity index (χ4v) is 3.06. The maximum absolute atomic E-state index is 12.7. The molecule has 0 bridgehead atoms. The van der Waals surface area contributed by atoms with E-state index in [2.05, 4.69) is 31.1 Å². The Labute approximate surface area is 158 Å². The van der Waals surface area contributed by atoms with E-state index in [1.807, 2.05) is 6.07 Å². The van der Waals surface area contributed by atoms with Crippen molar-refractivity contribution >= 4 is 11.0 Å². The molecule has 0 aliphatic heterocycles. The topological polar surface area (TPSA) is 96.1 Å². The summed E-state index contributed by atoms with van der Waals surface area (Å²) in [5, 5.41) is 14.5. The highest BCUT2D eigenvalue weighted by atomic mass is 19.3. The van der Waals surface area contributed by atoms with Crippen LogP contribution in [0.4, 0.5) is 8.78 Å². The summed E-state index contributed by atoms with van der Waals surface area (Å²) in [5.74, 6) is 0. The van der Waals surface area contributed by atoms with Crippen LogP contribution >= 0.6 is 0 Å². The van der Waals surface area contributed by atoms with Crippen molar-refractivity contribution < 1.29 is 8.78 Å². The molecule has 0 spiro atoms. The number of halogens is 2. The highest BCUT2D eigenvalue weighted by molar-refractivity contribution is 5.89. The summed E-state index contributed by atoms with van der Waals surface area (Å²) in [6, 6.07) is 6.48. The van der Waals surface area contributed by atoms with Crippen molar-refractivity contribution in [3.05, 3.63) is 72.7 Å². The van der Waals surface area contributed by atoms with Gasteiger partial charge in [0.2, 0.25) is 0 Å². The monoisotopic (exact) mass is 377 g/mol. The Morgan fingerprint density at radius 2 is 2.18 bits per heavy atom. The first-order valence-corrected chi connectivity index (χ1v) is 8.36. The number of hydrogen-bond donors (Lipinski definition) is 1. The molecule has 1 atom stereocenters. The van der Waals surface area contributed by atoms with Gasteiger partial charge >= 0.3 is 0 Å². The standard InChI is InChI=1S/C19H13F2N7/c20-16(21)4-3-15(18-12(8-22)2-1-6-23-18)28-10-13(9-27-28)17-14-5-7-24-19(14)26-11-25-17/h1-2,4-7,9-11,15H,3H2,(H,24,25,26). The van der Waals surface area contributed by atoms with E-state index in [1.165, 1.54) is 17.2 Å². The van der Waals surface area contributed by atoms with Crippen molar-refractivity contribution in [1.82, 2.24) is 29.7 Å². The van der Waals surface area contributed by atoms with Crippen LogP contribution in [-0.4, -0.2) is 29.7 Å². The van der Waals surface area contributed by atoms with Crippen LogP contribution in [0.3, 0.4) is 0 Å². The zero-order chi connectivity index (χ0) is 19.5. The van der Waals surface area contributed by atoms with Gasteiger partial charge in [-0.2, -0.15) is 19.1 Å². The molecule has 7 nitrogen and oxygen atoms in total. The van der Waals surface area contributed by atoms with Gasteiger partial charge in [0, 0.05) is 29.5 Å². The van der Waals surface area contributed by atoms with Crippen LogP contribution in [0.15, 0.2) is 61.5 Å². The highest BCUT2D eigenvalue weighted by Gasteiger charge is 2.20. The van der Waals surface area contributed by atoms with Crippen LogP contribution in [0.2, 0.25) is 0 Å². The average Bonchev–Trinajstić information content (AvgIpc) is 3.38. The molecule has 138 valence electrons. The van der Waals surface area contributed by atoms with E-state index in [0.29, 0.717) is 28.2 Å². The van der Waals surface area contributed by atoms with Crippen LogP contribution in [0.1, 0.15) is 23.7 Å². The van der Waals surface area contributed by atoms with Gasteiger partial charge in [-0.25, -0.2) is 9.97 Å². The van der Waals surface area contributed by atoms with E-state index in [0.717, 1.165) is 11.5 Å². The Morgan fingerprint density at radius 1 is 1.29 bits per heavy atom. The van der Waals surface area contributed by atoms with Crippen LogP contribution in [-0.2, 0) is 0 Å². The van der Waals surface area contributed by atoms with Gasteiger partial charge in [0.05, 0.1) is 29.2 Å². The van der Waals surface area contributed by atoms with Crippen molar-refractivity contribution in [2.75, 3.05) is 0 Å². The van der Waals surface area contributed by atoms with Crippen molar-refractivity contribution in [2.45, 2.75) is 12.5 Å². The molecule has 0 saturated carbocycles. The van der Waals surface area contributed by atoms with Crippen LogP contribution in [0, 0.1) is 11.3 Å². The number of nitrogens with zero attached hydrogens (tertiary/aromatic N) is 6. The molecular formula is C19H13F2N7. The molecule has 28 heavy (non-hydrogen) atoms. The predicted molar refractivity (Wildman–Crippen MR) is 97.1 cm³/mol. The third-order valence-corrected chi connectivity index (χ3v) is 4.32. The summed E-state index contributed by atoms with van der Waals surface area (Å²) in [7, 11) is 0. The Kier molecular flexibility index (Phi) is 4.60. The van der Waals surface area contributed by atoms with Gasteiger partial charge in [-0.1, -0.05) is 0 Å². The molecule has 0 saturated heterocycles. The Morgan fingerprint density at radius 3 is 3.00 bits per heavy atom. The second-order valence-corrected chi connectivity index (χ2v) is 5.96. The predicted octanol–water partition coefficient (Wildman–Crippen LogP) is 3.85. The van der Waals surface area contributed by atoms with Gasteiger partial charge in [-0.3, -0.25) is 9.67 Å². The van der Waals surface area contributed by atoms with Gasteiger partial charge < -0.3 is 4.98 Å². The van der Waals surface area contributed by atoms with E-state index >= 15 is 0 Å². The molecule has 4 aromatic heterocycles. The number of nitrogens with one attached hydrogen (secondary N) is 1. The Hall–Kier alpha value is -3.93.